The lowest BCUT2D eigenvalue weighted by atomic mass is 10.2. The number of hydrogen-bond acceptors (Lipinski definition) is 2. The number of benzene rings is 1. The molecule has 22 heavy (non-hydrogen) atoms. The Kier molecular flexibility index (Phi) is 9.42. The molecule has 0 unspecified atom stereocenters. The molecule has 122 valence electrons. The van der Waals surface area contributed by atoms with Crippen LogP contribution in [0, 0.1) is 11.8 Å². The van der Waals surface area contributed by atoms with Crippen LogP contribution in [-0.4, -0.2) is 31.1 Å². The van der Waals surface area contributed by atoms with Crippen LogP contribution in [-0.2, 0) is 0 Å². The summed E-state index contributed by atoms with van der Waals surface area (Å²) < 4.78 is 5.45. The van der Waals surface area contributed by atoms with E-state index in [1.54, 1.807) is 0 Å². The summed E-state index contributed by atoms with van der Waals surface area (Å²) in [4.78, 5) is 2.33. The number of hydrogen-bond donors (Lipinski definition) is 0. The average molecular weight is 301 g/mol. The maximum absolute atomic E-state index is 5.45. The summed E-state index contributed by atoms with van der Waals surface area (Å²) in [6.07, 6.45) is 4.64. The maximum Gasteiger partial charge on any atom is 0.127 e. The van der Waals surface area contributed by atoms with Gasteiger partial charge >= 0.3 is 0 Å². The standard InChI is InChI=1S/C11H21N.C9H10O/c1-4-7-8-9-10-11-12(5-2)6-3;1-2-5-10-9-4-3-7-6-8(7)9/h4-8,11H2,1-3H3;3-4,6H,2,5H2,1H3. The van der Waals surface area contributed by atoms with Crippen LogP contribution in [0.4, 0.5) is 0 Å². The van der Waals surface area contributed by atoms with E-state index in [0.29, 0.717) is 0 Å². The average Bonchev–Trinajstić information content (AvgIpc) is 3.22. The van der Waals surface area contributed by atoms with Crippen LogP contribution in [0.3, 0.4) is 0 Å². The summed E-state index contributed by atoms with van der Waals surface area (Å²) in [7, 11) is 0. The van der Waals surface area contributed by atoms with Gasteiger partial charge in [0.25, 0.3) is 0 Å². The van der Waals surface area contributed by atoms with Crippen molar-refractivity contribution in [3.63, 3.8) is 0 Å². The molecule has 0 bridgehead atoms. The molecule has 0 aromatic carbocycles. The molecule has 0 spiro atoms. The zero-order chi connectivity index (χ0) is 16.2. The van der Waals surface area contributed by atoms with Gasteiger partial charge in [-0.1, -0.05) is 46.1 Å². The first-order chi connectivity index (χ1) is 10.8. The van der Waals surface area contributed by atoms with Crippen molar-refractivity contribution >= 4 is 0 Å². The lowest BCUT2D eigenvalue weighted by Gasteiger charge is -2.13. The Morgan fingerprint density at radius 1 is 1.00 bits per heavy atom. The van der Waals surface area contributed by atoms with Gasteiger partial charge in [-0.25, -0.2) is 0 Å². The first-order valence-corrected chi connectivity index (χ1v) is 8.72. The van der Waals surface area contributed by atoms with Gasteiger partial charge in [-0.05, 0) is 43.6 Å². The Morgan fingerprint density at radius 2 is 1.77 bits per heavy atom. The molecule has 2 nitrogen and oxygen atoms in total. The second kappa shape index (κ2) is 11.2. The van der Waals surface area contributed by atoms with Crippen molar-refractivity contribution in [2.45, 2.75) is 53.4 Å². The lowest BCUT2D eigenvalue weighted by molar-refractivity contribution is 0.320. The van der Waals surface area contributed by atoms with Crippen molar-refractivity contribution in [1.82, 2.24) is 4.90 Å². The number of fused-ring (bicyclic) bond motifs is 1. The highest BCUT2D eigenvalue weighted by Crippen LogP contribution is 2.43. The van der Waals surface area contributed by atoms with E-state index in [0.717, 1.165) is 44.8 Å². The molecule has 2 aliphatic carbocycles. The van der Waals surface area contributed by atoms with Gasteiger partial charge in [0.05, 0.1) is 13.2 Å². The van der Waals surface area contributed by atoms with E-state index < -0.39 is 0 Å². The van der Waals surface area contributed by atoms with Crippen LogP contribution in [0.2, 0.25) is 0 Å². The summed E-state index contributed by atoms with van der Waals surface area (Å²) in [5.74, 6) is 7.46. The molecule has 2 rings (SSSR count). The van der Waals surface area contributed by atoms with Gasteiger partial charge in [0, 0.05) is 12.0 Å². The lowest BCUT2D eigenvalue weighted by Crippen LogP contribution is -2.22. The van der Waals surface area contributed by atoms with Crippen molar-refractivity contribution < 1.29 is 4.74 Å². The first kappa shape index (κ1) is 18.6. The third kappa shape index (κ3) is 7.00. The van der Waals surface area contributed by atoms with E-state index >= 15 is 0 Å². The van der Waals surface area contributed by atoms with Crippen LogP contribution in [0.15, 0.2) is 18.2 Å². The second-order valence-corrected chi connectivity index (χ2v) is 5.48. The molecule has 2 aliphatic rings. The molecule has 0 N–H and O–H groups in total. The van der Waals surface area contributed by atoms with Gasteiger partial charge in [-0.2, -0.15) is 0 Å². The zero-order valence-corrected chi connectivity index (χ0v) is 14.7. The number of nitrogens with zero attached hydrogens (tertiary/aromatic N) is 1. The largest absolute Gasteiger partial charge is 0.493 e. The Bertz CT molecular complexity index is 480. The van der Waals surface area contributed by atoms with Crippen molar-refractivity contribution in [1.29, 1.82) is 0 Å². The fourth-order valence-corrected chi connectivity index (χ4v) is 2.03. The second-order valence-electron chi connectivity index (χ2n) is 5.48. The van der Waals surface area contributed by atoms with Crippen LogP contribution in [0.25, 0.3) is 11.1 Å². The fourth-order valence-electron chi connectivity index (χ4n) is 2.03. The highest BCUT2D eigenvalue weighted by Gasteiger charge is 2.17. The van der Waals surface area contributed by atoms with Crippen LogP contribution in [0.5, 0.6) is 5.75 Å². The highest BCUT2D eigenvalue weighted by molar-refractivity contribution is 5.87. The summed E-state index contributed by atoms with van der Waals surface area (Å²) in [6, 6.07) is 6.28. The van der Waals surface area contributed by atoms with Crippen molar-refractivity contribution in [2.24, 2.45) is 0 Å². The molecule has 0 aliphatic heterocycles. The monoisotopic (exact) mass is 301 g/mol. The minimum absolute atomic E-state index is 0.838. The topological polar surface area (TPSA) is 12.5 Å². The van der Waals surface area contributed by atoms with E-state index in [1.165, 1.54) is 24.0 Å². The van der Waals surface area contributed by atoms with Crippen molar-refractivity contribution in [2.75, 3.05) is 26.2 Å². The molecule has 0 aromatic heterocycles. The molecule has 0 aromatic rings. The minimum atomic E-state index is 0.838. The third-order valence-corrected chi connectivity index (χ3v) is 3.65. The molecule has 2 heteroatoms. The van der Waals surface area contributed by atoms with Crippen LogP contribution in [0.1, 0.15) is 53.4 Å². The molecule has 0 saturated heterocycles. The molecular formula is C20H31NO. The predicted octanol–water partition coefficient (Wildman–Crippen LogP) is 4.98. The van der Waals surface area contributed by atoms with E-state index in [4.69, 9.17) is 4.74 Å². The minimum Gasteiger partial charge on any atom is -0.493 e. The zero-order valence-electron chi connectivity index (χ0n) is 14.7. The summed E-state index contributed by atoms with van der Waals surface area (Å²) in [5, 5.41) is 0. The van der Waals surface area contributed by atoms with E-state index in [-0.39, 0.29) is 0 Å². The number of ether oxygens (including phenoxy) is 1. The third-order valence-electron chi connectivity index (χ3n) is 3.65. The van der Waals surface area contributed by atoms with Gasteiger partial charge in [0.15, 0.2) is 0 Å². The van der Waals surface area contributed by atoms with E-state index in [2.05, 4.69) is 56.6 Å². The molecule has 0 radical (unpaired) electrons. The molecule has 0 heterocycles. The Morgan fingerprint density at radius 3 is 2.27 bits per heavy atom. The van der Waals surface area contributed by atoms with Gasteiger partial charge in [-0.3, -0.25) is 4.90 Å². The van der Waals surface area contributed by atoms with Gasteiger partial charge in [0.2, 0.25) is 0 Å². The molecular weight excluding hydrogens is 270 g/mol. The van der Waals surface area contributed by atoms with Crippen molar-refractivity contribution in [3.8, 4) is 28.7 Å². The summed E-state index contributed by atoms with van der Waals surface area (Å²) in [6.45, 7) is 12.7. The Hall–Kier alpha value is -1.46. The van der Waals surface area contributed by atoms with Crippen LogP contribution < -0.4 is 4.74 Å². The quantitative estimate of drug-likeness (QED) is 0.504. The summed E-state index contributed by atoms with van der Waals surface area (Å²) in [5.41, 5.74) is 2.67. The predicted molar refractivity (Wildman–Crippen MR) is 96.3 cm³/mol. The number of rotatable bonds is 8. The van der Waals surface area contributed by atoms with Gasteiger partial charge in [0.1, 0.15) is 5.75 Å². The smallest absolute Gasteiger partial charge is 0.127 e. The summed E-state index contributed by atoms with van der Waals surface area (Å²) >= 11 is 0. The fraction of sp³-hybridized carbons (Fsp3) is 0.600. The van der Waals surface area contributed by atoms with Gasteiger partial charge < -0.3 is 4.74 Å². The number of unbranched alkanes of at least 4 members (excludes halogenated alkanes) is 2. The van der Waals surface area contributed by atoms with Crippen LogP contribution >= 0.6 is 0 Å². The normalized spacial score (nSPS) is 10.4. The Balaban J connectivity index is 0.000000222. The van der Waals surface area contributed by atoms with E-state index in [1.807, 2.05) is 6.07 Å². The molecule has 0 saturated carbocycles. The SMILES string of the molecule is CCCCC#CCN(CC)CC.CCCOc1ccc2cc1-2. The van der Waals surface area contributed by atoms with Gasteiger partial charge in [-0.15, -0.1) is 5.92 Å². The highest BCUT2D eigenvalue weighted by atomic mass is 16.5. The molecule has 0 atom stereocenters. The Labute approximate surface area is 136 Å². The van der Waals surface area contributed by atoms with Crippen molar-refractivity contribution in [3.05, 3.63) is 18.2 Å². The first-order valence-electron chi connectivity index (χ1n) is 8.72. The van der Waals surface area contributed by atoms with E-state index in [9.17, 15) is 0 Å². The molecule has 0 fully saturated rings. The molecule has 0 amide bonds. The maximum atomic E-state index is 5.45.